The predicted molar refractivity (Wildman–Crippen MR) is 93.9 cm³/mol. The highest BCUT2D eigenvalue weighted by atomic mass is 79.9. The quantitative estimate of drug-likeness (QED) is 0.370. The summed E-state index contributed by atoms with van der Waals surface area (Å²) in [4.78, 5) is 26.1. The van der Waals surface area contributed by atoms with E-state index in [0.29, 0.717) is 5.56 Å². The van der Waals surface area contributed by atoms with Gasteiger partial charge in [0.25, 0.3) is 0 Å². The minimum Gasteiger partial charge on any atom is -0.390 e. The van der Waals surface area contributed by atoms with Crippen molar-refractivity contribution in [2.75, 3.05) is 0 Å². The van der Waals surface area contributed by atoms with Crippen LogP contribution in [-0.4, -0.2) is 30.0 Å². The zero-order chi connectivity index (χ0) is 18.1. The molecular weight excluding hydrogens is 390 g/mol. The summed E-state index contributed by atoms with van der Waals surface area (Å²) in [7, 11) is 0. The third-order valence-corrected chi connectivity index (χ3v) is 4.34. The minimum atomic E-state index is -0.694. The van der Waals surface area contributed by atoms with E-state index in [1.807, 2.05) is 48.7 Å². The lowest BCUT2D eigenvalue weighted by atomic mass is 10.1. The van der Waals surface area contributed by atoms with Crippen molar-refractivity contribution in [1.82, 2.24) is 19.3 Å². The van der Waals surface area contributed by atoms with Gasteiger partial charge in [-0.25, -0.2) is 0 Å². The molecule has 3 rings (SSSR count). The zero-order valence-corrected chi connectivity index (χ0v) is 15.1. The molecule has 1 aromatic carbocycles. The van der Waals surface area contributed by atoms with Crippen LogP contribution in [0.2, 0.25) is 0 Å². The first-order chi connectivity index (χ1) is 11.9. The van der Waals surface area contributed by atoms with E-state index in [4.69, 9.17) is 0 Å². The molecule has 3 aromatic rings. The highest BCUT2D eigenvalue weighted by Gasteiger charge is 2.20. The molecule has 0 spiro atoms. The highest BCUT2D eigenvalue weighted by Crippen LogP contribution is 2.23. The van der Waals surface area contributed by atoms with Gasteiger partial charge in [0.1, 0.15) is 6.54 Å². The molecule has 0 aliphatic carbocycles. The van der Waals surface area contributed by atoms with Crippen LogP contribution in [0.15, 0.2) is 41.1 Å². The molecule has 0 aliphatic rings. The van der Waals surface area contributed by atoms with Gasteiger partial charge in [-0.3, -0.25) is 4.79 Å². The number of Topliss-reactive ketones (excluding diaryl/α,β-unsaturated/α-hetero) is 1. The minimum absolute atomic E-state index is 0.106. The van der Waals surface area contributed by atoms with Crippen LogP contribution in [-0.2, 0) is 6.54 Å². The second-order valence-electron chi connectivity index (χ2n) is 5.52. The lowest BCUT2D eigenvalue weighted by molar-refractivity contribution is -0.394. The number of carbonyl (C=O) groups is 1. The van der Waals surface area contributed by atoms with Crippen molar-refractivity contribution in [1.29, 1.82) is 0 Å². The van der Waals surface area contributed by atoms with Crippen molar-refractivity contribution in [3.63, 3.8) is 0 Å². The molecule has 2 aromatic heterocycles. The van der Waals surface area contributed by atoms with Crippen LogP contribution >= 0.6 is 15.9 Å². The predicted octanol–water partition coefficient (Wildman–Crippen LogP) is 3.24. The molecule has 0 aliphatic heterocycles. The van der Waals surface area contributed by atoms with Gasteiger partial charge < -0.3 is 14.7 Å². The lowest BCUT2D eigenvalue weighted by Crippen LogP contribution is -2.12. The maximum Gasteiger partial charge on any atom is 0.490 e. The Bertz CT molecular complexity index is 959. The summed E-state index contributed by atoms with van der Waals surface area (Å²) >= 11 is 3.41. The average molecular weight is 404 g/mol. The Morgan fingerprint density at radius 3 is 2.56 bits per heavy atom. The molecule has 0 fully saturated rings. The van der Waals surface area contributed by atoms with E-state index in [0.717, 1.165) is 21.5 Å². The molecule has 0 bridgehead atoms. The Kier molecular flexibility index (Phi) is 4.49. The number of hydrogen-bond acceptors (Lipinski definition) is 5. The first-order valence-corrected chi connectivity index (χ1v) is 8.18. The van der Waals surface area contributed by atoms with Gasteiger partial charge in [0, 0.05) is 32.2 Å². The standard InChI is InChI=1S/C16H14BrN5O3/c1-10-7-14(11(2)21(10)13-5-3-12(17)4-6-13)15(23)8-20-9-18-16(19-20)22(24)25/h3-7,9H,8H2,1-2H3. The van der Waals surface area contributed by atoms with Crippen molar-refractivity contribution in [2.24, 2.45) is 0 Å². The summed E-state index contributed by atoms with van der Waals surface area (Å²) in [5, 5.41) is 14.3. The van der Waals surface area contributed by atoms with Gasteiger partial charge >= 0.3 is 5.95 Å². The molecule has 0 amide bonds. The van der Waals surface area contributed by atoms with Crippen molar-refractivity contribution >= 4 is 27.7 Å². The number of rotatable bonds is 5. The summed E-state index contributed by atoms with van der Waals surface area (Å²) in [5.41, 5.74) is 3.24. The molecule has 25 heavy (non-hydrogen) atoms. The van der Waals surface area contributed by atoms with Gasteiger partial charge in [0.2, 0.25) is 6.33 Å². The Morgan fingerprint density at radius 2 is 1.96 bits per heavy atom. The van der Waals surface area contributed by atoms with E-state index in [2.05, 4.69) is 26.0 Å². The SMILES string of the molecule is Cc1cc(C(=O)Cn2cnc([N+](=O)[O-])n2)c(C)n1-c1ccc(Br)cc1. The first kappa shape index (κ1) is 17.0. The van der Waals surface area contributed by atoms with E-state index < -0.39 is 10.9 Å². The van der Waals surface area contributed by atoms with E-state index in [-0.39, 0.29) is 12.3 Å². The Labute approximate surface area is 151 Å². The number of benzene rings is 1. The third-order valence-electron chi connectivity index (χ3n) is 3.81. The van der Waals surface area contributed by atoms with Gasteiger partial charge in [-0.1, -0.05) is 20.9 Å². The molecule has 0 atom stereocenters. The highest BCUT2D eigenvalue weighted by molar-refractivity contribution is 9.10. The van der Waals surface area contributed by atoms with Crippen LogP contribution < -0.4 is 0 Å². The second kappa shape index (κ2) is 6.60. The van der Waals surface area contributed by atoms with Crippen LogP contribution in [0.25, 0.3) is 5.69 Å². The smallest absolute Gasteiger partial charge is 0.390 e. The number of carbonyl (C=O) groups excluding carboxylic acids is 1. The topological polar surface area (TPSA) is 95.8 Å². The second-order valence-corrected chi connectivity index (χ2v) is 6.43. The first-order valence-electron chi connectivity index (χ1n) is 7.38. The zero-order valence-electron chi connectivity index (χ0n) is 13.5. The molecule has 128 valence electrons. The van der Waals surface area contributed by atoms with E-state index >= 15 is 0 Å². The Morgan fingerprint density at radius 1 is 1.28 bits per heavy atom. The number of hydrogen-bond donors (Lipinski definition) is 0. The van der Waals surface area contributed by atoms with E-state index in [9.17, 15) is 14.9 Å². The third kappa shape index (κ3) is 3.36. The number of nitro groups is 1. The van der Waals surface area contributed by atoms with Crippen molar-refractivity contribution in [2.45, 2.75) is 20.4 Å². The van der Waals surface area contributed by atoms with Gasteiger partial charge in [0.05, 0.1) is 0 Å². The summed E-state index contributed by atoms with van der Waals surface area (Å²) in [5.74, 6) is -0.704. The maximum absolute atomic E-state index is 12.6. The number of ketones is 1. The van der Waals surface area contributed by atoms with Crippen LogP contribution in [0.3, 0.4) is 0 Å². The largest absolute Gasteiger partial charge is 0.490 e. The van der Waals surface area contributed by atoms with Crippen molar-refractivity contribution in [3.8, 4) is 5.69 Å². The Balaban J connectivity index is 1.89. The number of aryl methyl sites for hydroxylation is 1. The molecule has 0 saturated heterocycles. The fourth-order valence-corrected chi connectivity index (χ4v) is 2.97. The monoisotopic (exact) mass is 403 g/mol. The summed E-state index contributed by atoms with van der Waals surface area (Å²) in [6, 6.07) is 9.60. The lowest BCUT2D eigenvalue weighted by Gasteiger charge is -2.10. The van der Waals surface area contributed by atoms with Crippen molar-refractivity contribution in [3.05, 3.63) is 68.2 Å². The van der Waals surface area contributed by atoms with Crippen molar-refractivity contribution < 1.29 is 9.72 Å². The molecule has 0 radical (unpaired) electrons. The molecule has 8 nitrogen and oxygen atoms in total. The fourth-order valence-electron chi connectivity index (χ4n) is 2.71. The van der Waals surface area contributed by atoms with E-state index in [1.54, 1.807) is 0 Å². The molecule has 0 saturated carbocycles. The van der Waals surface area contributed by atoms with Crippen LogP contribution in [0.4, 0.5) is 5.95 Å². The summed E-state index contributed by atoms with van der Waals surface area (Å²) in [6.45, 7) is 3.68. The van der Waals surface area contributed by atoms with Gasteiger partial charge in [-0.15, -0.1) is 0 Å². The Hall–Kier alpha value is -2.81. The summed E-state index contributed by atoms with van der Waals surface area (Å²) in [6.07, 6.45) is 1.18. The van der Waals surface area contributed by atoms with Gasteiger partial charge in [0.15, 0.2) is 5.78 Å². The van der Waals surface area contributed by atoms with Gasteiger partial charge in [-0.2, -0.15) is 4.68 Å². The molecular formula is C16H14BrN5O3. The number of nitrogens with zero attached hydrogens (tertiary/aromatic N) is 5. The summed E-state index contributed by atoms with van der Waals surface area (Å²) < 4.78 is 4.14. The van der Waals surface area contributed by atoms with Crippen LogP contribution in [0.1, 0.15) is 21.7 Å². The molecule has 0 unspecified atom stereocenters. The molecule has 0 N–H and O–H groups in total. The van der Waals surface area contributed by atoms with Crippen LogP contribution in [0, 0.1) is 24.0 Å². The molecule has 2 heterocycles. The number of aromatic nitrogens is 4. The van der Waals surface area contributed by atoms with Crippen LogP contribution in [0.5, 0.6) is 0 Å². The average Bonchev–Trinajstić information content (AvgIpc) is 3.13. The maximum atomic E-state index is 12.6. The van der Waals surface area contributed by atoms with Gasteiger partial charge in [-0.05, 0) is 49.1 Å². The normalized spacial score (nSPS) is 10.8. The number of halogens is 1. The van der Waals surface area contributed by atoms with E-state index in [1.165, 1.54) is 11.0 Å². The fraction of sp³-hybridized carbons (Fsp3) is 0.188. The molecule has 9 heteroatoms.